The van der Waals surface area contributed by atoms with Crippen molar-refractivity contribution in [2.45, 2.75) is 35.6 Å². The van der Waals surface area contributed by atoms with Crippen molar-refractivity contribution < 1.29 is 17.9 Å². The van der Waals surface area contributed by atoms with Gasteiger partial charge in [0.25, 0.3) is 5.91 Å². The van der Waals surface area contributed by atoms with Gasteiger partial charge in [0.15, 0.2) is 9.84 Å². The summed E-state index contributed by atoms with van der Waals surface area (Å²) in [6, 6.07) is 15.5. The molecule has 0 aromatic heterocycles. The highest BCUT2D eigenvalue weighted by atomic mass is 32.2. The third-order valence-corrected chi connectivity index (χ3v) is 6.99. The van der Waals surface area contributed by atoms with Crippen molar-refractivity contribution in [2.75, 3.05) is 6.61 Å². The van der Waals surface area contributed by atoms with Crippen molar-refractivity contribution in [1.29, 1.82) is 0 Å². The van der Waals surface area contributed by atoms with Gasteiger partial charge in [-0.15, -0.1) is 0 Å². The molecule has 0 unspecified atom stereocenters. The Morgan fingerprint density at radius 3 is 2.58 bits per heavy atom. The number of ether oxygens (including phenoxy) is 1. The molecule has 6 heteroatoms. The average Bonchev–Trinajstić information content (AvgIpc) is 3.01. The summed E-state index contributed by atoms with van der Waals surface area (Å²) in [5.41, 5.74) is 0.915. The fraction of sp³-hybridized carbons (Fsp3) is 0.350. The van der Waals surface area contributed by atoms with E-state index in [0.29, 0.717) is 11.5 Å². The van der Waals surface area contributed by atoms with Gasteiger partial charge in [-0.1, -0.05) is 42.5 Å². The molecule has 1 heterocycles. The van der Waals surface area contributed by atoms with Crippen LogP contribution in [0.25, 0.3) is 0 Å². The van der Waals surface area contributed by atoms with Crippen LogP contribution in [0.3, 0.4) is 0 Å². The van der Waals surface area contributed by atoms with E-state index in [2.05, 4.69) is 5.32 Å². The molecule has 1 saturated carbocycles. The second-order valence-electron chi connectivity index (χ2n) is 6.92. The number of nitrogens with one attached hydrogen (secondary N) is 1. The Bertz CT molecular complexity index is 910. The summed E-state index contributed by atoms with van der Waals surface area (Å²) in [5.74, 6) is -0.0975. The SMILES string of the molecule is O=C(N[C@H]1C[C@@H]2OCC[C@H]12)c1ccccc1S(=O)(=O)Cc1ccccc1. The Hall–Kier alpha value is -2.18. The average molecular weight is 371 g/mol. The predicted octanol–water partition coefficient (Wildman–Crippen LogP) is 2.57. The van der Waals surface area contributed by atoms with Crippen LogP contribution in [0.4, 0.5) is 0 Å². The smallest absolute Gasteiger partial charge is 0.252 e. The fourth-order valence-corrected chi connectivity index (χ4v) is 5.37. The van der Waals surface area contributed by atoms with Gasteiger partial charge >= 0.3 is 0 Å². The molecule has 0 bridgehead atoms. The highest BCUT2D eigenvalue weighted by molar-refractivity contribution is 7.90. The topological polar surface area (TPSA) is 72.5 Å². The lowest BCUT2D eigenvalue weighted by Gasteiger charge is -2.39. The molecule has 5 nitrogen and oxygen atoms in total. The molecule has 2 aliphatic rings. The van der Waals surface area contributed by atoms with E-state index in [0.717, 1.165) is 19.4 Å². The van der Waals surface area contributed by atoms with Gasteiger partial charge < -0.3 is 10.1 Å². The number of benzene rings is 2. The zero-order valence-corrected chi connectivity index (χ0v) is 15.1. The maximum Gasteiger partial charge on any atom is 0.252 e. The minimum atomic E-state index is -3.62. The summed E-state index contributed by atoms with van der Waals surface area (Å²) < 4.78 is 31.3. The van der Waals surface area contributed by atoms with Crippen LogP contribution >= 0.6 is 0 Å². The zero-order valence-electron chi connectivity index (χ0n) is 14.3. The first-order chi connectivity index (χ1) is 12.5. The largest absolute Gasteiger partial charge is 0.378 e. The number of sulfone groups is 1. The normalized spacial score (nSPS) is 24.5. The van der Waals surface area contributed by atoms with Crippen LogP contribution < -0.4 is 5.32 Å². The van der Waals surface area contributed by atoms with Gasteiger partial charge in [0, 0.05) is 18.6 Å². The molecule has 1 amide bonds. The Labute approximate surface area is 153 Å². The van der Waals surface area contributed by atoms with Crippen LogP contribution in [-0.2, 0) is 20.3 Å². The van der Waals surface area contributed by atoms with Gasteiger partial charge in [-0.2, -0.15) is 0 Å². The standard InChI is InChI=1S/C20H21NO4S/c22-20(21-17-12-18-15(17)10-11-25-18)16-8-4-5-9-19(16)26(23,24)13-14-6-2-1-3-7-14/h1-9,15,17-18H,10-13H2,(H,21,22)/t15-,17+,18+/m1/s1. The third kappa shape index (κ3) is 3.27. The van der Waals surface area contributed by atoms with E-state index in [4.69, 9.17) is 4.74 Å². The molecular formula is C20H21NO4S. The van der Waals surface area contributed by atoms with Crippen molar-refractivity contribution in [2.24, 2.45) is 5.92 Å². The fourth-order valence-electron chi connectivity index (χ4n) is 3.81. The summed E-state index contributed by atoms with van der Waals surface area (Å²) in [4.78, 5) is 12.8. The van der Waals surface area contributed by atoms with Crippen LogP contribution in [0.2, 0.25) is 0 Å². The van der Waals surface area contributed by atoms with E-state index >= 15 is 0 Å². The second-order valence-corrected chi connectivity index (χ2v) is 8.88. The summed E-state index contributed by atoms with van der Waals surface area (Å²) in [6.45, 7) is 0.740. The molecule has 0 radical (unpaired) electrons. The summed E-state index contributed by atoms with van der Waals surface area (Å²) in [7, 11) is -3.62. The maximum atomic E-state index is 12.9. The van der Waals surface area contributed by atoms with E-state index in [1.54, 1.807) is 42.5 Å². The minimum absolute atomic E-state index is 0.0693. The number of fused-ring (bicyclic) bond motifs is 1. The molecule has 0 spiro atoms. The van der Waals surface area contributed by atoms with E-state index < -0.39 is 9.84 Å². The summed E-state index contributed by atoms with van der Waals surface area (Å²) >= 11 is 0. The highest BCUT2D eigenvalue weighted by Crippen LogP contribution is 2.38. The van der Waals surface area contributed by atoms with Crippen molar-refractivity contribution in [3.8, 4) is 0 Å². The Kier molecular flexibility index (Phi) is 4.54. The van der Waals surface area contributed by atoms with Crippen LogP contribution in [0, 0.1) is 5.92 Å². The molecule has 2 aromatic rings. The van der Waals surface area contributed by atoms with Crippen molar-refractivity contribution in [1.82, 2.24) is 5.32 Å². The lowest BCUT2D eigenvalue weighted by atomic mass is 9.76. The monoisotopic (exact) mass is 371 g/mol. The van der Waals surface area contributed by atoms with Crippen molar-refractivity contribution in [3.05, 3.63) is 65.7 Å². The van der Waals surface area contributed by atoms with Crippen molar-refractivity contribution >= 4 is 15.7 Å². The zero-order chi connectivity index (χ0) is 18.1. The number of rotatable bonds is 5. The van der Waals surface area contributed by atoms with Gasteiger partial charge in [0.1, 0.15) is 0 Å². The van der Waals surface area contributed by atoms with Gasteiger partial charge in [-0.3, -0.25) is 4.79 Å². The van der Waals surface area contributed by atoms with Crippen LogP contribution in [0.15, 0.2) is 59.5 Å². The van der Waals surface area contributed by atoms with Crippen LogP contribution in [0.1, 0.15) is 28.8 Å². The highest BCUT2D eigenvalue weighted by Gasteiger charge is 2.46. The molecular weight excluding hydrogens is 350 g/mol. The first-order valence-electron chi connectivity index (χ1n) is 8.83. The molecule has 136 valence electrons. The molecule has 4 rings (SSSR count). The molecule has 1 aliphatic heterocycles. The summed E-state index contributed by atoms with van der Waals surface area (Å²) in [6.07, 6.45) is 2.00. The molecule has 2 fully saturated rings. The first kappa shape index (κ1) is 17.2. The van der Waals surface area contributed by atoms with E-state index in [-0.39, 0.29) is 34.3 Å². The molecule has 1 saturated heterocycles. The lowest BCUT2D eigenvalue weighted by Crippen LogP contribution is -2.53. The van der Waals surface area contributed by atoms with Crippen LogP contribution in [0.5, 0.6) is 0 Å². The lowest BCUT2D eigenvalue weighted by molar-refractivity contribution is 0.00805. The Balaban J connectivity index is 1.55. The van der Waals surface area contributed by atoms with Gasteiger partial charge in [0.2, 0.25) is 0 Å². The quantitative estimate of drug-likeness (QED) is 0.877. The number of hydrogen-bond donors (Lipinski definition) is 1. The number of carbonyl (C=O) groups excluding carboxylic acids is 1. The van der Waals surface area contributed by atoms with Gasteiger partial charge in [0.05, 0.1) is 22.3 Å². The molecule has 2 aromatic carbocycles. The van der Waals surface area contributed by atoms with E-state index in [1.165, 1.54) is 6.07 Å². The predicted molar refractivity (Wildman–Crippen MR) is 97.5 cm³/mol. The number of amides is 1. The third-order valence-electron chi connectivity index (χ3n) is 5.25. The second kappa shape index (κ2) is 6.85. The number of carbonyl (C=O) groups is 1. The first-order valence-corrected chi connectivity index (χ1v) is 10.5. The molecule has 3 atom stereocenters. The molecule has 1 aliphatic carbocycles. The molecule has 1 N–H and O–H groups in total. The van der Waals surface area contributed by atoms with Gasteiger partial charge in [-0.05, 0) is 30.5 Å². The van der Waals surface area contributed by atoms with E-state index in [9.17, 15) is 13.2 Å². The number of hydrogen-bond acceptors (Lipinski definition) is 4. The molecule has 26 heavy (non-hydrogen) atoms. The van der Waals surface area contributed by atoms with Gasteiger partial charge in [-0.25, -0.2) is 8.42 Å². The summed E-state index contributed by atoms with van der Waals surface area (Å²) in [5, 5.41) is 3.00. The Morgan fingerprint density at radius 2 is 1.81 bits per heavy atom. The maximum absolute atomic E-state index is 12.9. The van der Waals surface area contributed by atoms with E-state index in [1.807, 2.05) is 6.07 Å². The van der Waals surface area contributed by atoms with Crippen molar-refractivity contribution in [3.63, 3.8) is 0 Å². The minimum Gasteiger partial charge on any atom is -0.378 e. The Morgan fingerprint density at radius 1 is 1.08 bits per heavy atom. The van der Waals surface area contributed by atoms with Crippen LogP contribution in [-0.4, -0.2) is 33.1 Å².